The van der Waals surface area contributed by atoms with Crippen LogP contribution in [0.5, 0.6) is 0 Å². The van der Waals surface area contributed by atoms with E-state index in [0.717, 1.165) is 5.92 Å². The number of hydrogen-bond donors (Lipinski definition) is 0. The third-order valence-electron chi connectivity index (χ3n) is 4.40. The van der Waals surface area contributed by atoms with E-state index in [2.05, 4.69) is 58.9 Å². The summed E-state index contributed by atoms with van der Waals surface area (Å²) in [6.45, 7) is 11.5. The van der Waals surface area contributed by atoms with Gasteiger partial charge in [-0.2, -0.15) is 0 Å². The molecule has 0 aliphatic rings. The second-order valence-corrected chi connectivity index (χ2v) is 7.18. The molecule has 0 amide bonds. The van der Waals surface area contributed by atoms with Gasteiger partial charge in [0.1, 0.15) is 0 Å². The van der Waals surface area contributed by atoms with Gasteiger partial charge in [-0.15, -0.1) is 0 Å². The normalized spacial score (nSPS) is 13.4. The molecule has 1 rings (SSSR count). The summed E-state index contributed by atoms with van der Waals surface area (Å²) in [5.74, 6) is 0.755. The zero-order valence-corrected chi connectivity index (χ0v) is 14.3. The van der Waals surface area contributed by atoms with Gasteiger partial charge in [-0.25, -0.2) is 0 Å². The minimum absolute atomic E-state index is 0.264. The molecule has 0 saturated heterocycles. The maximum Gasteiger partial charge on any atom is -0.0132 e. The van der Waals surface area contributed by atoms with E-state index in [9.17, 15) is 0 Å². The summed E-state index contributed by atoms with van der Waals surface area (Å²) in [5, 5.41) is 0. The summed E-state index contributed by atoms with van der Waals surface area (Å²) in [4.78, 5) is 0. The van der Waals surface area contributed by atoms with Crippen LogP contribution in [0.25, 0.3) is 0 Å². The maximum atomic E-state index is 2.36. The van der Waals surface area contributed by atoms with Crippen molar-refractivity contribution in [1.82, 2.24) is 0 Å². The largest absolute Gasteiger partial charge is 0.0654 e. The van der Waals surface area contributed by atoms with Gasteiger partial charge in [-0.3, -0.25) is 0 Å². The lowest BCUT2D eigenvalue weighted by atomic mass is 9.84. The summed E-state index contributed by atoms with van der Waals surface area (Å²) in [6.07, 6.45) is 9.57. The van der Waals surface area contributed by atoms with E-state index in [1.807, 2.05) is 0 Å². The molecule has 0 bridgehead atoms. The summed E-state index contributed by atoms with van der Waals surface area (Å²) < 4.78 is 0. The summed E-state index contributed by atoms with van der Waals surface area (Å²) >= 11 is 0. The third kappa shape index (κ3) is 5.69. The molecule has 20 heavy (non-hydrogen) atoms. The quantitative estimate of drug-likeness (QED) is 0.455. The SMILES string of the molecule is CCCCCCCC(CC)c1ccc(C(C)(C)C)cc1. The number of unbranched alkanes of at least 4 members (excludes halogenated alkanes) is 4. The van der Waals surface area contributed by atoms with Crippen LogP contribution >= 0.6 is 0 Å². The molecule has 0 spiro atoms. The van der Waals surface area contributed by atoms with Crippen molar-refractivity contribution in [2.24, 2.45) is 0 Å². The zero-order chi connectivity index (χ0) is 15.0. The fraction of sp³-hybridized carbons (Fsp3) is 0.700. The first-order valence-corrected chi connectivity index (χ1v) is 8.59. The molecule has 1 aromatic carbocycles. The van der Waals surface area contributed by atoms with Crippen molar-refractivity contribution in [3.05, 3.63) is 35.4 Å². The van der Waals surface area contributed by atoms with Crippen LogP contribution in [-0.4, -0.2) is 0 Å². The lowest BCUT2D eigenvalue weighted by Crippen LogP contribution is -2.11. The first kappa shape index (κ1) is 17.3. The van der Waals surface area contributed by atoms with Crippen molar-refractivity contribution in [1.29, 1.82) is 0 Å². The van der Waals surface area contributed by atoms with Crippen molar-refractivity contribution < 1.29 is 0 Å². The molecule has 0 N–H and O–H groups in total. The first-order chi connectivity index (χ1) is 9.49. The Hall–Kier alpha value is -0.780. The Morgan fingerprint density at radius 3 is 1.95 bits per heavy atom. The zero-order valence-electron chi connectivity index (χ0n) is 14.3. The predicted molar refractivity (Wildman–Crippen MR) is 91.6 cm³/mol. The minimum Gasteiger partial charge on any atom is -0.0654 e. The van der Waals surface area contributed by atoms with Gasteiger partial charge < -0.3 is 0 Å². The molecule has 1 unspecified atom stereocenters. The molecular weight excluding hydrogens is 240 g/mol. The highest BCUT2D eigenvalue weighted by Gasteiger charge is 2.14. The van der Waals surface area contributed by atoms with Crippen molar-refractivity contribution in [2.75, 3.05) is 0 Å². The van der Waals surface area contributed by atoms with Crippen LogP contribution < -0.4 is 0 Å². The van der Waals surface area contributed by atoms with Crippen LogP contribution in [0.4, 0.5) is 0 Å². The van der Waals surface area contributed by atoms with Crippen LogP contribution in [0.2, 0.25) is 0 Å². The van der Waals surface area contributed by atoms with Crippen LogP contribution in [0.3, 0.4) is 0 Å². The van der Waals surface area contributed by atoms with E-state index in [1.165, 1.54) is 56.1 Å². The molecule has 1 aromatic rings. The van der Waals surface area contributed by atoms with Gasteiger partial charge in [0.2, 0.25) is 0 Å². The van der Waals surface area contributed by atoms with E-state index in [0.29, 0.717) is 0 Å². The average molecular weight is 274 g/mol. The molecule has 0 aliphatic heterocycles. The standard InChI is InChI=1S/C20H34/c1-6-8-9-10-11-12-17(7-2)18-13-15-19(16-14-18)20(3,4)5/h13-17H,6-12H2,1-5H3. The van der Waals surface area contributed by atoms with E-state index in [1.54, 1.807) is 0 Å². The molecule has 0 saturated carbocycles. The Bertz CT molecular complexity index is 353. The Labute approximate surface area is 127 Å². The topological polar surface area (TPSA) is 0 Å². The highest BCUT2D eigenvalue weighted by molar-refractivity contribution is 5.29. The first-order valence-electron chi connectivity index (χ1n) is 8.59. The van der Waals surface area contributed by atoms with Gasteiger partial charge >= 0.3 is 0 Å². The van der Waals surface area contributed by atoms with Gasteiger partial charge in [0.15, 0.2) is 0 Å². The third-order valence-corrected chi connectivity index (χ3v) is 4.40. The van der Waals surface area contributed by atoms with E-state index >= 15 is 0 Å². The molecule has 0 heteroatoms. The van der Waals surface area contributed by atoms with Crippen LogP contribution in [0, 0.1) is 0 Å². The van der Waals surface area contributed by atoms with Crippen molar-refractivity contribution in [3.8, 4) is 0 Å². The molecule has 0 nitrogen and oxygen atoms in total. The Balaban J connectivity index is 2.53. The molecule has 0 aliphatic carbocycles. The van der Waals surface area contributed by atoms with Crippen molar-refractivity contribution >= 4 is 0 Å². The molecule has 0 radical (unpaired) electrons. The molecule has 114 valence electrons. The summed E-state index contributed by atoms with van der Waals surface area (Å²) in [7, 11) is 0. The van der Waals surface area contributed by atoms with E-state index < -0.39 is 0 Å². The highest BCUT2D eigenvalue weighted by Crippen LogP contribution is 2.29. The van der Waals surface area contributed by atoms with Gasteiger partial charge in [0, 0.05) is 0 Å². The van der Waals surface area contributed by atoms with Gasteiger partial charge in [0.25, 0.3) is 0 Å². The molecule has 0 heterocycles. The number of hydrogen-bond acceptors (Lipinski definition) is 0. The summed E-state index contributed by atoms with van der Waals surface area (Å²) in [6, 6.07) is 9.38. The van der Waals surface area contributed by atoms with E-state index in [4.69, 9.17) is 0 Å². The predicted octanol–water partition coefficient (Wildman–Crippen LogP) is 6.84. The van der Waals surface area contributed by atoms with E-state index in [-0.39, 0.29) is 5.41 Å². The smallest absolute Gasteiger partial charge is 0.0132 e. The highest BCUT2D eigenvalue weighted by atomic mass is 14.2. The Kier molecular flexibility index (Phi) is 7.34. The number of benzene rings is 1. The molecule has 0 aromatic heterocycles. The molecule has 0 fully saturated rings. The lowest BCUT2D eigenvalue weighted by Gasteiger charge is -2.21. The van der Waals surface area contributed by atoms with Gasteiger partial charge in [-0.05, 0) is 35.3 Å². The van der Waals surface area contributed by atoms with Crippen LogP contribution in [-0.2, 0) is 5.41 Å². The van der Waals surface area contributed by atoms with Crippen LogP contribution in [0.1, 0.15) is 96.6 Å². The minimum atomic E-state index is 0.264. The second-order valence-electron chi connectivity index (χ2n) is 7.18. The fourth-order valence-corrected chi connectivity index (χ4v) is 2.86. The average Bonchev–Trinajstić information content (AvgIpc) is 2.42. The molecular formula is C20H34. The number of rotatable bonds is 8. The monoisotopic (exact) mass is 274 g/mol. The Morgan fingerprint density at radius 2 is 1.45 bits per heavy atom. The van der Waals surface area contributed by atoms with Crippen LogP contribution in [0.15, 0.2) is 24.3 Å². The fourth-order valence-electron chi connectivity index (χ4n) is 2.86. The maximum absolute atomic E-state index is 2.36. The van der Waals surface area contributed by atoms with Gasteiger partial charge in [0.05, 0.1) is 0 Å². The summed E-state index contributed by atoms with van der Waals surface area (Å²) in [5.41, 5.74) is 3.25. The Morgan fingerprint density at radius 1 is 0.850 bits per heavy atom. The van der Waals surface area contributed by atoms with Crippen molar-refractivity contribution in [3.63, 3.8) is 0 Å². The van der Waals surface area contributed by atoms with Crippen molar-refractivity contribution in [2.45, 2.75) is 90.9 Å². The second kappa shape index (κ2) is 8.49. The lowest BCUT2D eigenvalue weighted by molar-refractivity contribution is 0.534. The van der Waals surface area contributed by atoms with Gasteiger partial charge in [-0.1, -0.05) is 91.0 Å². The molecule has 1 atom stereocenters.